The van der Waals surface area contributed by atoms with E-state index in [1.807, 2.05) is 0 Å². The minimum absolute atomic E-state index is 0.297. The van der Waals surface area contributed by atoms with Gasteiger partial charge >= 0.3 is 0 Å². The van der Waals surface area contributed by atoms with Gasteiger partial charge in [0.15, 0.2) is 0 Å². The number of hydrazone groups is 1. The second-order valence-electron chi connectivity index (χ2n) is 6.36. The van der Waals surface area contributed by atoms with Gasteiger partial charge in [0.25, 0.3) is 0 Å². The Kier molecular flexibility index (Phi) is 5.29. The van der Waals surface area contributed by atoms with Gasteiger partial charge in [0.05, 0.1) is 18.4 Å². The minimum atomic E-state index is 0.297. The summed E-state index contributed by atoms with van der Waals surface area (Å²) in [5, 5.41) is 7.34. The van der Waals surface area contributed by atoms with Crippen molar-refractivity contribution in [2.24, 2.45) is 5.10 Å². The van der Waals surface area contributed by atoms with Gasteiger partial charge in [-0.05, 0) is 30.4 Å². The third-order valence-corrected chi connectivity index (χ3v) is 4.75. The lowest BCUT2D eigenvalue weighted by Crippen LogP contribution is -2.30. The van der Waals surface area contributed by atoms with Crippen LogP contribution in [0.4, 0.5) is 0 Å². The molecule has 0 amide bonds. The van der Waals surface area contributed by atoms with Gasteiger partial charge in [-0.25, -0.2) is 0 Å². The normalized spacial score (nSPS) is 22.5. The predicted molar refractivity (Wildman–Crippen MR) is 95.7 cm³/mol. The van der Waals surface area contributed by atoms with Gasteiger partial charge in [0, 0.05) is 19.6 Å². The molecule has 1 heterocycles. The van der Waals surface area contributed by atoms with E-state index in [-0.39, 0.29) is 0 Å². The molecule has 1 aromatic rings. The summed E-state index contributed by atoms with van der Waals surface area (Å²) < 4.78 is 5.37. The topological polar surface area (TPSA) is 24.8 Å². The predicted octanol–water partition coefficient (Wildman–Crippen LogP) is 4.14. The van der Waals surface area contributed by atoms with E-state index < -0.39 is 0 Å². The maximum atomic E-state index is 5.37. The largest absolute Gasteiger partial charge is 0.382 e. The highest BCUT2D eigenvalue weighted by atomic mass is 16.5. The van der Waals surface area contributed by atoms with Crippen LogP contribution in [-0.4, -0.2) is 37.0 Å². The van der Waals surface area contributed by atoms with E-state index in [1.54, 1.807) is 7.11 Å². The molecule has 0 saturated carbocycles. The van der Waals surface area contributed by atoms with Crippen molar-refractivity contribution in [3.05, 3.63) is 59.7 Å². The Morgan fingerprint density at radius 2 is 2.17 bits per heavy atom. The highest BCUT2D eigenvalue weighted by Gasteiger charge is 2.26. The summed E-state index contributed by atoms with van der Waals surface area (Å²) in [5.41, 5.74) is 3.86. The number of ether oxygens (including phenoxy) is 1. The first-order valence-corrected chi connectivity index (χ1v) is 8.54. The highest BCUT2D eigenvalue weighted by Crippen LogP contribution is 2.27. The fraction of sp³-hybridized carbons (Fsp3) is 0.450. The fourth-order valence-corrected chi connectivity index (χ4v) is 3.42. The quantitative estimate of drug-likeness (QED) is 0.738. The van der Waals surface area contributed by atoms with E-state index in [9.17, 15) is 0 Å². The van der Waals surface area contributed by atoms with Crippen molar-refractivity contribution in [1.29, 1.82) is 0 Å². The number of allylic oxidation sites excluding steroid dienone is 4. The molecule has 23 heavy (non-hydrogen) atoms. The molecule has 0 radical (unpaired) electrons. The number of rotatable bonds is 6. The van der Waals surface area contributed by atoms with Crippen molar-refractivity contribution in [3.8, 4) is 0 Å². The van der Waals surface area contributed by atoms with Crippen molar-refractivity contribution in [2.75, 3.05) is 20.3 Å². The molecule has 1 saturated heterocycles. The Bertz CT molecular complexity index is 603. The minimum Gasteiger partial charge on any atom is -0.382 e. The van der Waals surface area contributed by atoms with Crippen LogP contribution in [-0.2, 0) is 4.74 Å². The molecule has 1 aromatic carbocycles. The SMILES string of the molecule is COCC1CCCN1/N=C(\C1=CC=CC1)C(C)c1ccccc1. The van der Waals surface area contributed by atoms with Gasteiger partial charge < -0.3 is 4.74 Å². The highest BCUT2D eigenvalue weighted by molar-refractivity contribution is 6.05. The molecule has 0 aromatic heterocycles. The molecule has 0 spiro atoms. The maximum absolute atomic E-state index is 5.37. The molecule has 2 atom stereocenters. The first kappa shape index (κ1) is 16.0. The number of hydrogen-bond acceptors (Lipinski definition) is 3. The van der Waals surface area contributed by atoms with Gasteiger partial charge in [0.1, 0.15) is 0 Å². The standard InChI is InChI=1S/C20H26N2O/c1-16(17-9-4-3-5-10-17)20(18-11-6-7-12-18)21-22-14-8-13-19(22)15-23-2/h3-7,9-11,16,19H,8,12-15H2,1-2H3/b21-20-. The van der Waals surface area contributed by atoms with Crippen LogP contribution in [0.3, 0.4) is 0 Å². The van der Waals surface area contributed by atoms with E-state index in [2.05, 4.69) is 60.5 Å². The Hall–Kier alpha value is -1.87. The van der Waals surface area contributed by atoms with Crippen LogP contribution in [0.1, 0.15) is 37.7 Å². The van der Waals surface area contributed by atoms with E-state index >= 15 is 0 Å². The van der Waals surface area contributed by atoms with Crippen molar-refractivity contribution in [3.63, 3.8) is 0 Å². The van der Waals surface area contributed by atoms with Gasteiger partial charge in [-0.15, -0.1) is 0 Å². The fourth-order valence-electron chi connectivity index (χ4n) is 3.42. The van der Waals surface area contributed by atoms with Crippen molar-refractivity contribution in [2.45, 2.75) is 38.1 Å². The molecule has 3 heteroatoms. The molecule has 122 valence electrons. The molecule has 0 bridgehead atoms. The molecule has 1 aliphatic carbocycles. The van der Waals surface area contributed by atoms with Gasteiger partial charge in [0.2, 0.25) is 0 Å². The zero-order chi connectivity index (χ0) is 16.1. The number of methoxy groups -OCH3 is 1. The smallest absolute Gasteiger partial charge is 0.0712 e. The summed E-state index contributed by atoms with van der Waals surface area (Å²) in [7, 11) is 1.77. The number of benzene rings is 1. The zero-order valence-electron chi connectivity index (χ0n) is 14.1. The molecule has 2 aliphatic rings. The zero-order valence-corrected chi connectivity index (χ0v) is 14.1. The van der Waals surface area contributed by atoms with Crippen LogP contribution in [0.2, 0.25) is 0 Å². The maximum Gasteiger partial charge on any atom is 0.0712 e. The monoisotopic (exact) mass is 310 g/mol. The lowest BCUT2D eigenvalue weighted by molar-refractivity contribution is 0.117. The Morgan fingerprint density at radius 3 is 2.87 bits per heavy atom. The summed E-state index contributed by atoms with van der Waals surface area (Å²) in [5.74, 6) is 0.297. The van der Waals surface area contributed by atoms with Crippen molar-refractivity contribution >= 4 is 5.71 Å². The van der Waals surface area contributed by atoms with E-state index in [1.165, 1.54) is 29.7 Å². The summed E-state index contributed by atoms with van der Waals surface area (Å²) >= 11 is 0. The number of nitrogens with zero attached hydrogens (tertiary/aromatic N) is 2. The third-order valence-electron chi connectivity index (χ3n) is 4.75. The van der Waals surface area contributed by atoms with Crippen molar-refractivity contribution in [1.82, 2.24) is 5.01 Å². The summed E-state index contributed by atoms with van der Waals surface area (Å²) in [6.07, 6.45) is 9.90. The summed E-state index contributed by atoms with van der Waals surface area (Å²) in [6, 6.07) is 11.1. The second kappa shape index (κ2) is 7.60. The van der Waals surface area contributed by atoms with Gasteiger partial charge in [-0.2, -0.15) is 5.10 Å². The number of hydrogen-bond donors (Lipinski definition) is 0. The summed E-state index contributed by atoms with van der Waals surface area (Å²) in [6.45, 7) is 4.04. The lowest BCUT2D eigenvalue weighted by Gasteiger charge is -2.25. The Labute approximate surface area is 139 Å². The lowest BCUT2D eigenvalue weighted by atomic mass is 9.91. The average molecular weight is 310 g/mol. The third kappa shape index (κ3) is 3.73. The molecule has 1 aliphatic heterocycles. The second-order valence-corrected chi connectivity index (χ2v) is 6.36. The van der Waals surface area contributed by atoms with Crippen LogP contribution >= 0.6 is 0 Å². The first-order chi connectivity index (χ1) is 11.3. The molecule has 3 rings (SSSR count). The molecule has 1 fully saturated rings. The van der Waals surface area contributed by atoms with Crippen LogP contribution in [0, 0.1) is 0 Å². The van der Waals surface area contributed by atoms with Crippen LogP contribution in [0.25, 0.3) is 0 Å². The van der Waals surface area contributed by atoms with E-state index in [0.717, 1.165) is 19.6 Å². The Balaban J connectivity index is 1.88. The van der Waals surface area contributed by atoms with Crippen LogP contribution in [0.15, 0.2) is 59.2 Å². The van der Waals surface area contributed by atoms with E-state index in [4.69, 9.17) is 9.84 Å². The average Bonchev–Trinajstić information content (AvgIpc) is 3.25. The van der Waals surface area contributed by atoms with Crippen LogP contribution in [0.5, 0.6) is 0 Å². The van der Waals surface area contributed by atoms with Crippen molar-refractivity contribution < 1.29 is 4.74 Å². The molecular formula is C20H26N2O. The Morgan fingerprint density at radius 1 is 1.35 bits per heavy atom. The van der Waals surface area contributed by atoms with Crippen LogP contribution < -0.4 is 0 Å². The summed E-state index contributed by atoms with van der Waals surface area (Å²) in [4.78, 5) is 0. The molecule has 3 nitrogen and oxygen atoms in total. The molecule has 2 unspecified atom stereocenters. The molecule has 0 N–H and O–H groups in total. The molecular weight excluding hydrogens is 284 g/mol. The first-order valence-electron chi connectivity index (χ1n) is 8.54. The van der Waals surface area contributed by atoms with Gasteiger partial charge in [-0.1, -0.05) is 55.5 Å². The van der Waals surface area contributed by atoms with E-state index in [0.29, 0.717) is 12.0 Å². The van der Waals surface area contributed by atoms with Gasteiger partial charge in [-0.3, -0.25) is 5.01 Å².